The van der Waals surface area contributed by atoms with Crippen molar-refractivity contribution in [2.75, 3.05) is 79.0 Å². The summed E-state index contributed by atoms with van der Waals surface area (Å²) in [7, 11) is 0. The molecule has 0 saturated carbocycles. The smallest absolute Gasteiger partial charge is 0.322 e. The summed E-state index contributed by atoms with van der Waals surface area (Å²) in [5.74, 6) is -11.7. The molecule has 0 fully saturated rings. The lowest BCUT2D eigenvalue weighted by Crippen LogP contribution is -2.49. The van der Waals surface area contributed by atoms with Crippen LogP contribution in [-0.2, 0) is 76.4 Å². The van der Waals surface area contributed by atoms with Crippen molar-refractivity contribution in [1.29, 1.82) is 0 Å². The summed E-state index contributed by atoms with van der Waals surface area (Å²) in [5.41, 5.74) is -1.88. The Labute approximate surface area is 555 Å². The standard InChI is InChI=1S/C70H122N2O21/c1-4-7-10-13-16-19-22-25-28-31-34-40-64(81)91-55-70(56-92-65(82)41-35-32-29-26-23-20-17-14-11-8-5-2,57-93-66(83)42-36-33-30-27-24-21-18-15-12-9-6-3)69(87)90-47-38-37-45-88-46-39-48-89-67(84)51-59(68(85)86)72(52-58(49-60(73)74)50-61(75)76)44-43-71(53-62(77)78)54-63(79)80/h37-38,58-59H,4-36,39-57H2,1-3H3,(H,73,74)(H,75,76)(H,77,78)(H,79,80)(H,85,86)/b38-37+. The van der Waals surface area contributed by atoms with Gasteiger partial charge in [-0.2, -0.15) is 0 Å². The molecule has 0 amide bonds. The lowest BCUT2D eigenvalue weighted by molar-refractivity contribution is -0.179. The molecule has 0 heterocycles. The zero-order chi connectivity index (χ0) is 69.0. The summed E-state index contributed by atoms with van der Waals surface area (Å²) in [6.07, 6.45) is 37.6. The number of carbonyl (C=O) groups excluding carboxylic acids is 5. The van der Waals surface area contributed by atoms with Crippen LogP contribution >= 0.6 is 0 Å². The third kappa shape index (κ3) is 53.3. The van der Waals surface area contributed by atoms with Crippen LogP contribution in [-0.4, -0.2) is 180 Å². The van der Waals surface area contributed by atoms with Gasteiger partial charge in [0.1, 0.15) is 32.5 Å². The van der Waals surface area contributed by atoms with Crippen LogP contribution in [0.1, 0.15) is 278 Å². The molecule has 538 valence electrons. The Balaban J connectivity index is 6.02. The number of carbonyl (C=O) groups is 10. The average Bonchev–Trinajstić information content (AvgIpc) is 0.888. The predicted molar refractivity (Wildman–Crippen MR) is 352 cm³/mol. The molecule has 1 atom stereocenters. The Morgan fingerprint density at radius 3 is 1.08 bits per heavy atom. The van der Waals surface area contributed by atoms with E-state index in [0.717, 1.165) is 86.8 Å². The summed E-state index contributed by atoms with van der Waals surface area (Å²) < 4.78 is 33.9. The van der Waals surface area contributed by atoms with E-state index < -0.39 is 136 Å². The van der Waals surface area contributed by atoms with Gasteiger partial charge >= 0.3 is 59.7 Å². The van der Waals surface area contributed by atoms with Gasteiger partial charge < -0.3 is 54.0 Å². The summed E-state index contributed by atoms with van der Waals surface area (Å²) in [6, 6.07) is -1.70. The second-order valence-electron chi connectivity index (χ2n) is 25.0. The van der Waals surface area contributed by atoms with E-state index in [1.165, 1.54) is 122 Å². The molecule has 23 nitrogen and oxygen atoms in total. The number of rotatable bonds is 68. The number of nitrogens with zero attached hydrogens (tertiary/aromatic N) is 2. The molecule has 0 aromatic heterocycles. The maximum Gasteiger partial charge on any atom is 0.322 e. The van der Waals surface area contributed by atoms with Crippen molar-refractivity contribution < 1.29 is 102 Å². The van der Waals surface area contributed by atoms with Gasteiger partial charge in [-0.05, 0) is 31.3 Å². The van der Waals surface area contributed by atoms with E-state index in [1.54, 1.807) is 6.08 Å². The Bertz CT molecular complexity index is 1920. The molecule has 0 rings (SSSR count). The van der Waals surface area contributed by atoms with Crippen LogP contribution in [0.15, 0.2) is 12.2 Å². The minimum Gasteiger partial charge on any atom is -0.481 e. The third-order valence-electron chi connectivity index (χ3n) is 16.2. The van der Waals surface area contributed by atoms with Crippen molar-refractivity contribution in [3.05, 3.63) is 12.2 Å². The molecule has 5 N–H and O–H groups in total. The number of hydrogen-bond acceptors (Lipinski definition) is 18. The number of unbranched alkanes of at least 4 members (excludes halogenated alkanes) is 30. The van der Waals surface area contributed by atoms with Crippen molar-refractivity contribution in [2.45, 2.75) is 284 Å². The fourth-order valence-electron chi connectivity index (χ4n) is 10.7. The lowest BCUT2D eigenvalue weighted by Gasteiger charge is -2.32. The van der Waals surface area contributed by atoms with Gasteiger partial charge in [0.05, 0.1) is 39.3 Å². The van der Waals surface area contributed by atoms with Gasteiger partial charge in [-0.25, -0.2) is 0 Å². The van der Waals surface area contributed by atoms with Crippen LogP contribution < -0.4 is 0 Å². The van der Waals surface area contributed by atoms with Crippen molar-refractivity contribution in [3.8, 4) is 0 Å². The maximum atomic E-state index is 14.3. The van der Waals surface area contributed by atoms with Crippen molar-refractivity contribution >= 4 is 59.7 Å². The average molecular weight is 1330 g/mol. The van der Waals surface area contributed by atoms with E-state index in [-0.39, 0.29) is 65.2 Å². The Morgan fingerprint density at radius 2 is 0.731 bits per heavy atom. The van der Waals surface area contributed by atoms with Gasteiger partial charge in [-0.3, -0.25) is 57.7 Å². The Morgan fingerprint density at radius 1 is 0.376 bits per heavy atom. The molecule has 0 aliphatic carbocycles. The highest BCUT2D eigenvalue weighted by atomic mass is 16.6. The van der Waals surface area contributed by atoms with Crippen LogP contribution in [0.5, 0.6) is 0 Å². The first kappa shape index (κ1) is 87.3. The fraction of sp³-hybridized carbons (Fsp3) is 0.829. The minimum atomic E-state index is -1.88. The quantitative estimate of drug-likeness (QED) is 0.0163. The largest absolute Gasteiger partial charge is 0.481 e. The maximum absolute atomic E-state index is 14.3. The number of carboxylic acid groups (broad SMARTS) is 5. The second kappa shape index (κ2) is 60.0. The molecule has 93 heavy (non-hydrogen) atoms. The van der Waals surface area contributed by atoms with Crippen LogP contribution in [0.25, 0.3) is 0 Å². The first-order valence-corrected chi connectivity index (χ1v) is 35.4. The molecule has 0 spiro atoms. The molecule has 0 bridgehead atoms. The summed E-state index contributed by atoms with van der Waals surface area (Å²) in [5, 5.41) is 47.6. The lowest BCUT2D eigenvalue weighted by atomic mass is 9.91. The monoisotopic (exact) mass is 1330 g/mol. The van der Waals surface area contributed by atoms with Gasteiger partial charge in [-0.1, -0.05) is 219 Å². The van der Waals surface area contributed by atoms with E-state index in [9.17, 15) is 73.5 Å². The number of carboxylic acids is 5. The van der Waals surface area contributed by atoms with Crippen molar-refractivity contribution in [1.82, 2.24) is 9.80 Å². The zero-order valence-electron chi connectivity index (χ0n) is 57.2. The van der Waals surface area contributed by atoms with E-state index in [1.807, 2.05) is 0 Å². The molecule has 0 aliphatic heterocycles. The van der Waals surface area contributed by atoms with E-state index in [0.29, 0.717) is 19.3 Å². The number of hydrogen-bond donors (Lipinski definition) is 5. The first-order valence-electron chi connectivity index (χ1n) is 35.4. The topological polar surface area (TPSA) is 334 Å². The van der Waals surface area contributed by atoms with E-state index >= 15 is 0 Å². The highest BCUT2D eigenvalue weighted by Gasteiger charge is 2.45. The number of esters is 5. The normalized spacial score (nSPS) is 11.9. The SMILES string of the molecule is CCCCCCCCCCCCCC(=O)OCC(COC(=O)CCCCCCCCCCCCC)(COC(=O)CCCCCCCCCCCCC)C(=O)OC/C=C/COCCCOC(=O)CC(C(=O)O)N(CCN(CC(=O)O)CC(=O)O)CC(CC(=O)O)CC(=O)O. The second-order valence-corrected chi connectivity index (χ2v) is 25.0. The summed E-state index contributed by atoms with van der Waals surface area (Å²) in [4.78, 5) is 128. The predicted octanol–water partition coefficient (Wildman–Crippen LogP) is 12.9. The van der Waals surface area contributed by atoms with Gasteiger partial charge in [-0.15, -0.1) is 0 Å². The van der Waals surface area contributed by atoms with E-state index in [2.05, 4.69) is 20.8 Å². The van der Waals surface area contributed by atoms with Gasteiger partial charge in [0.25, 0.3) is 0 Å². The molecular formula is C70H122N2O21. The number of aliphatic carboxylic acids is 5. The summed E-state index contributed by atoms with van der Waals surface area (Å²) >= 11 is 0. The van der Waals surface area contributed by atoms with E-state index in [4.69, 9.17) is 28.4 Å². The van der Waals surface area contributed by atoms with Crippen LogP contribution in [0.3, 0.4) is 0 Å². The van der Waals surface area contributed by atoms with Crippen LogP contribution in [0, 0.1) is 11.3 Å². The van der Waals surface area contributed by atoms with Gasteiger partial charge in [0.2, 0.25) is 0 Å². The Hall–Kier alpha value is -5.68. The third-order valence-corrected chi connectivity index (χ3v) is 16.2. The molecule has 1 unspecified atom stereocenters. The zero-order valence-corrected chi connectivity index (χ0v) is 57.2. The molecule has 0 aromatic rings. The molecule has 0 aromatic carbocycles. The van der Waals surface area contributed by atoms with Crippen LogP contribution in [0.2, 0.25) is 0 Å². The highest BCUT2D eigenvalue weighted by molar-refractivity contribution is 5.82. The highest BCUT2D eigenvalue weighted by Crippen LogP contribution is 2.26. The summed E-state index contributed by atoms with van der Waals surface area (Å²) in [6.45, 7) is 1.81. The molecule has 0 aliphatic rings. The van der Waals surface area contributed by atoms with Crippen molar-refractivity contribution in [2.24, 2.45) is 11.3 Å². The molecular weight excluding hydrogens is 1200 g/mol. The van der Waals surface area contributed by atoms with Crippen LogP contribution in [0.4, 0.5) is 0 Å². The van der Waals surface area contributed by atoms with Crippen molar-refractivity contribution in [3.63, 3.8) is 0 Å². The molecule has 0 radical (unpaired) electrons. The number of ether oxygens (including phenoxy) is 6. The minimum absolute atomic E-state index is 0.00525. The molecule has 0 saturated heterocycles. The van der Waals surface area contributed by atoms with Gasteiger partial charge in [0, 0.05) is 58.2 Å². The Kier molecular flexibility index (Phi) is 56.4. The van der Waals surface area contributed by atoms with Gasteiger partial charge in [0.15, 0.2) is 5.41 Å². The first-order chi connectivity index (χ1) is 44.8. The molecule has 23 heteroatoms. The fourth-order valence-corrected chi connectivity index (χ4v) is 10.7.